The molecule has 0 aliphatic heterocycles. The maximum absolute atomic E-state index is 13.1. The monoisotopic (exact) mass is 474 g/mol. The van der Waals surface area contributed by atoms with E-state index in [4.69, 9.17) is 0 Å². The van der Waals surface area contributed by atoms with Crippen LogP contribution in [-0.2, 0) is 22.4 Å². The maximum atomic E-state index is 13.1. The largest absolute Gasteiger partial charge is 0.361 e. The molecular formula is C26H26N4O3S. The van der Waals surface area contributed by atoms with Gasteiger partial charge >= 0.3 is 0 Å². The van der Waals surface area contributed by atoms with Gasteiger partial charge in [0.1, 0.15) is 6.04 Å². The highest BCUT2D eigenvalue weighted by Gasteiger charge is 2.24. The van der Waals surface area contributed by atoms with Crippen LogP contribution in [-0.4, -0.2) is 35.3 Å². The minimum atomic E-state index is -0.843. The van der Waals surface area contributed by atoms with Crippen molar-refractivity contribution in [3.05, 3.63) is 88.2 Å². The summed E-state index contributed by atoms with van der Waals surface area (Å²) in [4.78, 5) is 42.0. The summed E-state index contributed by atoms with van der Waals surface area (Å²) >= 11 is 1.30. The number of anilines is 1. The van der Waals surface area contributed by atoms with Gasteiger partial charge in [0.05, 0.1) is 11.4 Å². The first kappa shape index (κ1) is 23.3. The molecule has 0 spiro atoms. The fraction of sp³-hybridized carbons (Fsp3) is 0.192. The summed E-state index contributed by atoms with van der Waals surface area (Å²) in [6.07, 6.45) is 2.91. The molecule has 4 N–H and O–H groups in total. The number of fused-ring (bicyclic) bond motifs is 1. The molecule has 1 atom stereocenters. The summed E-state index contributed by atoms with van der Waals surface area (Å²) in [6.45, 7) is 1.81. The van der Waals surface area contributed by atoms with E-state index in [1.54, 1.807) is 12.1 Å². The molecule has 0 fully saturated rings. The summed E-state index contributed by atoms with van der Waals surface area (Å²) in [6, 6.07) is 18.0. The van der Waals surface area contributed by atoms with Crippen molar-refractivity contribution in [3.63, 3.8) is 0 Å². The van der Waals surface area contributed by atoms with Crippen LogP contribution in [0, 0.1) is 0 Å². The van der Waals surface area contributed by atoms with Crippen LogP contribution in [0.15, 0.2) is 72.2 Å². The highest BCUT2D eigenvalue weighted by Crippen LogP contribution is 2.20. The number of amides is 3. The number of carbonyl (C=O) groups excluding carboxylic acids is 3. The van der Waals surface area contributed by atoms with Gasteiger partial charge < -0.3 is 20.9 Å². The van der Waals surface area contributed by atoms with Crippen LogP contribution in [0.1, 0.15) is 27.7 Å². The summed E-state index contributed by atoms with van der Waals surface area (Å²) in [7, 11) is 0. The van der Waals surface area contributed by atoms with Crippen molar-refractivity contribution in [2.75, 3.05) is 11.9 Å². The normalized spacial score (nSPS) is 11.7. The van der Waals surface area contributed by atoms with E-state index in [9.17, 15) is 14.4 Å². The van der Waals surface area contributed by atoms with Gasteiger partial charge in [0.2, 0.25) is 11.8 Å². The molecule has 0 radical (unpaired) electrons. The molecule has 34 heavy (non-hydrogen) atoms. The van der Waals surface area contributed by atoms with Crippen LogP contribution in [0.3, 0.4) is 0 Å². The number of nitrogens with one attached hydrogen (secondary N) is 4. The van der Waals surface area contributed by atoms with E-state index in [1.165, 1.54) is 11.3 Å². The molecule has 3 amide bonds. The van der Waals surface area contributed by atoms with Gasteiger partial charge in [-0.2, -0.15) is 0 Å². The molecule has 2 aromatic heterocycles. The van der Waals surface area contributed by atoms with E-state index < -0.39 is 11.9 Å². The lowest BCUT2D eigenvalue weighted by Crippen LogP contribution is -2.49. The van der Waals surface area contributed by atoms with Crippen molar-refractivity contribution in [3.8, 4) is 0 Å². The third-order valence-electron chi connectivity index (χ3n) is 5.56. The van der Waals surface area contributed by atoms with E-state index in [1.807, 2.05) is 67.0 Å². The van der Waals surface area contributed by atoms with Crippen molar-refractivity contribution in [2.24, 2.45) is 0 Å². The highest BCUT2D eigenvalue weighted by atomic mass is 32.1. The average molecular weight is 475 g/mol. The van der Waals surface area contributed by atoms with Gasteiger partial charge in [-0.05, 0) is 41.1 Å². The van der Waals surface area contributed by atoms with Gasteiger partial charge in [0.25, 0.3) is 5.91 Å². The number of H-pyrrole nitrogens is 1. The fourth-order valence-corrected chi connectivity index (χ4v) is 4.43. The third kappa shape index (κ3) is 5.52. The van der Waals surface area contributed by atoms with E-state index in [2.05, 4.69) is 20.9 Å². The number of benzene rings is 2. The van der Waals surface area contributed by atoms with Crippen LogP contribution in [0.25, 0.3) is 10.9 Å². The van der Waals surface area contributed by atoms with Crippen LogP contribution in [0.2, 0.25) is 0 Å². The Kier molecular flexibility index (Phi) is 7.39. The number of carbonyl (C=O) groups is 3. The Morgan fingerprint density at radius 1 is 0.971 bits per heavy atom. The number of aromatic nitrogens is 1. The van der Waals surface area contributed by atoms with Crippen LogP contribution in [0.5, 0.6) is 0 Å². The molecule has 7 nitrogen and oxygen atoms in total. The van der Waals surface area contributed by atoms with Crippen LogP contribution < -0.4 is 16.0 Å². The predicted octanol–water partition coefficient (Wildman–Crippen LogP) is 3.89. The lowest BCUT2D eigenvalue weighted by atomic mass is 10.0. The Morgan fingerprint density at radius 3 is 2.56 bits per heavy atom. The standard InChI is InChI=1S/C26H26N4O3S/c1-2-17-8-3-5-10-20(17)29-24(31)16-28-25(32)22(30-26(33)23-12-7-13-34-23)14-18-15-27-21-11-6-4-9-19(18)21/h3-13,15,22,27H,2,14,16H2,1H3,(H,28,32)(H,29,31)(H,30,33)/t22-/m0/s1. The molecule has 0 aliphatic carbocycles. The number of para-hydroxylation sites is 2. The van der Waals surface area contributed by atoms with Crippen molar-refractivity contribution < 1.29 is 14.4 Å². The van der Waals surface area contributed by atoms with Crippen LogP contribution in [0.4, 0.5) is 5.69 Å². The maximum Gasteiger partial charge on any atom is 0.262 e. The van der Waals surface area contributed by atoms with Crippen molar-refractivity contribution in [1.82, 2.24) is 15.6 Å². The molecule has 4 rings (SSSR count). The SMILES string of the molecule is CCc1ccccc1NC(=O)CNC(=O)[C@H](Cc1c[nH]c2ccccc12)NC(=O)c1cccs1. The van der Waals surface area contributed by atoms with Gasteiger partial charge in [-0.25, -0.2) is 0 Å². The number of thiophene rings is 1. The average Bonchev–Trinajstić information content (AvgIpc) is 3.53. The zero-order valence-corrected chi connectivity index (χ0v) is 19.6. The van der Waals surface area contributed by atoms with Crippen molar-refractivity contribution >= 4 is 45.6 Å². The predicted molar refractivity (Wildman–Crippen MR) is 135 cm³/mol. The Bertz CT molecular complexity index is 1300. The smallest absolute Gasteiger partial charge is 0.262 e. The highest BCUT2D eigenvalue weighted by molar-refractivity contribution is 7.12. The second-order valence-corrected chi connectivity index (χ2v) is 8.79. The van der Waals surface area contributed by atoms with Gasteiger partial charge in [-0.3, -0.25) is 14.4 Å². The molecule has 174 valence electrons. The number of hydrogen-bond acceptors (Lipinski definition) is 4. The topological polar surface area (TPSA) is 103 Å². The first-order valence-electron chi connectivity index (χ1n) is 11.1. The zero-order valence-electron chi connectivity index (χ0n) is 18.8. The summed E-state index contributed by atoms with van der Waals surface area (Å²) in [5.41, 5.74) is 3.60. The number of hydrogen-bond donors (Lipinski definition) is 4. The van der Waals surface area contributed by atoms with Gasteiger partial charge in [0, 0.05) is 29.2 Å². The Morgan fingerprint density at radius 2 is 1.76 bits per heavy atom. The van der Waals surface area contributed by atoms with E-state index in [0.717, 1.165) is 34.1 Å². The summed E-state index contributed by atoms with van der Waals surface area (Å²) in [5.74, 6) is -1.07. The van der Waals surface area contributed by atoms with Gasteiger partial charge in [0.15, 0.2) is 0 Å². The van der Waals surface area contributed by atoms with E-state index in [0.29, 0.717) is 4.88 Å². The summed E-state index contributed by atoms with van der Waals surface area (Å²) in [5, 5.41) is 11.1. The zero-order chi connectivity index (χ0) is 23.9. The van der Waals surface area contributed by atoms with Gasteiger partial charge in [-0.15, -0.1) is 11.3 Å². The molecule has 8 heteroatoms. The summed E-state index contributed by atoms with van der Waals surface area (Å²) < 4.78 is 0. The van der Waals surface area contributed by atoms with E-state index >= 15 is 0 Å². The molecule has 0 saturated carbocycles. The molecule has 2 aromatic carbocycles. The van der Waals surface area contributed by atoms with E-state index in [-0.39, 0.29) is 24.8 Å². The number of rotatable bonds is 9. The molecule has 0 unspecified atom stereocenters. The second kappa shape index (κ2) is 10.8. The molecular weight excluding hydrogens is 448 g/mol. The molecule has 4 aromatic rings. The molecule has 2 heterocycles. The minimum Gasteiger partial charge on any atom is -0.361 e. The van der Waals surface area contributed by atoms with Gasteiger partial charge in [-0.1, -0.05) is 49.4 Å². The number of aromatic amines is 1. The lowest BCUT2D eigenvalue weighted by Gasteiger charge is -2.18. The molecule has 0 aliphatic rings. The Hall–Kier alpha value is -3.91. The van der Waals surface area contributed by atoms with Crippen LogP contribution >= 0.6 is 11.3 Å². The number of aryl methyl sites for hydroxylation is 1. The second-order valence-electron chi connectivity index (χ2n) is 7.84. The van der Waals surface area contributed by atoms with Crippen molar-refractivity contribution in [1.29, 1.82) is 0 Å². The third-order valence-corrected chi connectivity index (χ3v) is 6.43. The fourth-order valence-electron chi connectivity index (χ4n) is 3.80. The first-order valence-corrected chi connectivity index (χ1v) is 12.0. The molecule has 0 saturated heterocycles. The molecule has 0 bridgehead atoms. The quantitative estimate of drug-likeness (QED) is 0.296. The minimum absolute atomic E-state index is 0.198. The van der Waals surface area contributed by atoms with Crippen molar-refractivity contribution in [2.45, 2.75) is 25.8 Å². The first-order chi connectivity index (χ1) is 16.5. The lowest BCUT2D eigenvalue weighted by molar-refractivity contribution is -0.125. The Balaban J connectivity index is 1.45. The Labute approximate surface area is 201 Å².